The van der Waals surface area contributed by atoms with Crippen molar-refractivity contribution in [2.75, 3.05) is 4.90 Å². The molecule has 0 radical (unpaired) electrons. The summed E-state index contributed by atoms with van der Waals surface area (Å²) in [5.74, 6) is 0.0841. The van der Waals surface area contributed by atoms with Gasteiger partial charge in [-0.25, -0.2) is 4.39 Å². The van der Waals surface area contributed by atoms with Gasteiger partial charge in [0.05, 0.1) is 5.69 Å². The van der Waals surface area contributed by atoms with Crippen molar-refractivity contribution in [3.05, 3.63) is 102 Å². The molecule has 29 heavy (non-hydrogen) atoms. The van der Waals surface area contributed by atoms with E-state index in [1.54, 1.807) is 6.08 Å². The molecule has 144 valence electrons. The molecular formula is C23H17FN2O2S. The Labute approximate surface area is 173 Å². The smallest absolute Gasteiger partial charge is 0.281 e. The maximum atomic E-state index is 13.1. The van der Waals surface area contributed by atoms with Gasteiger partial charge in [0.15, 0.2) is 5.11 Å². The summed E-state index contributed by atoms with van der Waals surface area (Å²) in [7, 11) is 0. The number of nitrogens with zero attached hydrogens (tertiary/aromatic N) is 1. The highest BCUT2D eigenvalue weighted by molar-refractivity contribution is 7.80. The number of halogens is 1. The van der Waals surface area contributed by atoms with E-state index in [0.29, 0.717) is 18.0 Å². The summed E-state index contributed by atoms with van der Waals surface area (Å²) >= 11 is 5.27. The molecule has 0 aliphatic carbocycles. The Morgan fingerprint density at radius 2 is 1.66 bits per heavy atom. The van der Waals surface area contributed by atoms with Crippen LogP contribution in [0.25, 0.3) is 6.08 Å². The van der Waals surface area contributed by atoms with Crippen LogP contribution in [-0.2, 0) is 11.4 Å². The van der Waals surface area contributed by atoms with Crippen molar-refractivity contribution >= 4 is 35.0 Å². The summed E-state index contributed by atoms with van der Waals surface area (Å²) in [5, 5.41) is 3.18. The van der Waals surface area contributed by atoms with Gasteiger partial charge in [-0.15, -0.1) is 0 Å². The molecule has 4 nitrogen and oxygen atoms in total. The summed E-state index contributed by atoms with van der Waals surface area (Å²) in [5.41, 5.74) is 2.80. The number of hydrogen-bond acceptors (Lipinski definition) is 3. The van der Waals surface area contributed by atoms with Gasteiger partial charge in [-0.2, -0.15) is 0 Å². The molecule has 3 aromatic rings. The Morgan fingerprint density at radius 1 is 0.966 bits per heavy atom. The second-order valence-corrected chi connectivity index (χ2v) is 6.84. The summed E-state index contributed by atoms with van der Waals surface area (Å²) in [4.78, 5) is 14.1. The number of carbonyl (C=O) groups is 1. The van der Waals surface area contributed by atoms with E-state index in [9.17, 15) is 9.18 Å². The minimum absolute atomic E-state index is 0.260. The normalized spacial score (nSPS) is 14.9. The molecule has 0 bridgehead atoms. The minimum Gasteiger partial charge on any atom is -0.489 e. The molecule has 1 fully saturated rings. The minimum atomic E-state index is -0.371. The number of thiocarbonyl (C=S) groups is 1. The van der Waals surface area contributed by atoms with Gasteiger partial charge < -0.3 is 10.1 Å². The van der Waals surface area contributed by atoms with Crippen LogP contribution in [0.1, 0.15) is 11.1 Å². The van der Waals surface area contributed by atoms with E-state index in [4.69, 9.17) is 17.0 Å². The lowest BCUT2D eigenvalue weighted by Gasteiger charge is -2.13. The van der Waals surface area contributed by atoms with E-state index in [1.807, 2.05) is 54.6 Å². The third-order valence-electron chi connectivity index (χ3n) is 4.40. The molecule has 1 aliphatic rings. The first-order valence-corrected chi connectivity index (χ1v) is 9.40. The zero-order valence-corrected chi connectivity index (χ0v) is 16.2. The maximum absolute atomic E-state index is 13.1. The number of benzene rings is 3. The van der Waals surface area contributed by atoms with Gasteiger partial charge >= 0.3 is 0 Å². The van der Waals surface area contributed by atoms with E-state index >= 15 is 0 Å². The van der Waals surface area contributed by atoms with Crippen LogP contribution in [0.5, 0.6) is 5.75 Å². The largest absolute Gasteiger partial charge is 0.489 e. The van der Waals surface area contributed by atoms with E-state index in [2.05, 4.69) is 5.32 Å². The highest BCUT2D eigenvalue weighted by atomic mass is 32.1. The fraction of sp³-hybridized carbons (Fsp3) is 0.0435. The van der Waals surface area contributed by atoms with E-state index < -0.39 is 0 Å². The Balaban J connectivity index is 1.45. The van der Waals surface area contributed by atoms with Crippen molar-refractivity contribution in [3.8, 4) is 5.75 Å². The zero-order chi connectivity index (χ0) is 20.2. The van der Waals surface area contributed by atoms with E-state index in [-0.39, 0.29) is 16.8 Å². The van der Waals surface area contributed by atoms with Gasteiger partial charge in [-0.1, -0.05) is 42.5 Å². The third kappa shape index (κ3) is 4.33. The molecule has 3 aromatic carbocycles. The summed E-state index contributed by atoms with van der Waals surface area (Å²) in [6.45, 7) is 0.488. The highest BCUT2D eigenvalue weighted by Crippen LogP contribution is 2.23. The monoisotopic (exact) mass is 404 g/mol. The van der Waals surface area contributed by atoms with Crippen molar-refractivity contribution < 1.29 is 13.9 Å². The number of amides is 1. The summed E-state index contributed by atoms with van der Waals surface area (Å²) in [6, 6.07) is 23.0. The lowest BCUT2D eigenvalue weighted by atomic mass is 10.2. The SMILES string of the molecule is O=C1/C(=C\c2ccc(OCc3ccccc3)cc2)NC(=S)N1c1ccc(F)cc1. The fourth-order valence-electron chi connectivity index (χ4n) is 2.93. The van der Waals surface area contributed by atoms with Crippen molar-refractivity contribution in [2.24, 2.45) is 0 Å². The second kappa shape index (κ2) is 8.24. The van der Waals surface area contributed by atoms with Crippen molar-refractivity contribution in [1.82, 2.24) is 5.32 Å². The van der Waals surface area contributed by atoms with E-state index in [1.165, 1.54) is 29.2 Å². The number of nitrogens with one attached hydrogen (secondary N) is 1. The number of rotatable bonds is 5. The van der Waals surface area contributed by atoms with E-state index in [0.717, 1.165) is 16.9 Å². The lowest BCUT2D eigenvalue weighted by Crippen LogP contribution is -2.30. The molecule has 1 N–H and O–H groups in total. The molecule has 1 amide bonds. The van der Waals surface area contributed by atoms with Gasteiger partial charge in [0, 0.05) is 0 Å². The van der Waals surface area contributed by atoms with Crippen molar-refractivity contribution in [1.29, 1.82) is 0 Å². The maximum Gasteiger partial charge on any atom is 0.281 e. The third-order valence-corrected chi connectivity index (χ3v) is 4.69. The molecule has 1 heterocycles. The average Bonchev–Trinajstić information content (AvgIpc) is 3.02. The first-order valence-electron chi connectivity index (χ1n) is 9.00. The van der Waals surface area contributed by atoms with Gasteiger partial charge in [0.1, 0.15) is 23.9 Å². The summed E-state index contributed by atoms with van der Waals surface area (Å²) in [6.07, 6.45) is 1.72. The molecule has 0 aromatic heterocycles. The van der Waals surface area contributed by atoms with Crippen molar-refractivity contribution in [2.45, 2.75) is 6.61 Å². The zero-order valence-electron chi connectivity index (χ0n) is 15.3. The highest BCUT2D eigenvalue weighted by Gasteiger charge is 2.31. The van der Waals surface area contributed by atoms with Crippen molar-refractivity contribution in [3.63, 3.8) is 0 Å². The molecule has 6 heteroatoms. The number of carbonyl (C=O) groups excluding carboxylic acids is 1. The Bertz CT molecular complexity index is 1060. The van der Waals surface area contributed by atoms with Gasteiger partial charge in [0.2, 0.25) is 0 Å². The van der Waals surface area contributed by atoms with Gasteiger partial charge in [-0.05, 0) is 65.8 Å². The fourth-order valence-corrected chi connectivity index (χ4v) is 3.23. The number of hydrogen-bond donors (Lipinski definition) is 1. The molecule has 1 aliphatic heterocycles. The van der Waals surface area contributed by atoms with Crippen LogP contribution in [-0.4, -0.2) is 11.0 Å². The summed E-state index contributed by atoms with van der Waals surface area (Å²) < 4.78 is 18.9. The topological polar surface area (TPSA) is 41.6 Å². The van der Waals surface area contributed by atoms with Crippen LogP contribution < -0.4 is 15.0 Å². The predicted molar refractivity (Wildman–Crippen MR) is 115 cm³/mol. The lowest BCUT2D eigenvalue weighted by molar-refractivity contribution is -0.113. The average molecular weight is 404 g/mol. The quantitative estimate of drug-likeness (QED) is 0.496. The molecular weight excluding hydrogens is 387 g/mol. The first-order chi connectivity index (χ1) is 14.1. The molecule has 0 spiro atoms. The molecule has 0 unspecified atom stereocenters. The molecule has 0 saturated carbocycles. The second-order valence-electron chi connectivity index (χ2n) is 6.45. The Kier molecular flexibility index (Phi) is 5.35. The number of ether oxygens (including phenoxy) is 1. The van der Waals surface area contributed by atoms with Crippen LogP contribution in [0, 0.1) is 5.82 Å². The van der Waals surface area contributed by atoms with Crippen LogP contribution >= 0.6 is 12.2 Å². The Hall–Kier alpha value is -3.51. The standard InChI is InChI=1S/C23H17FN2O2S/c24-18-8-10-19(11-9-18)26-22(27)21(25-23(26)29)14-16-6-12-20(13-7-16)28-15-17-4-2-1-3-5-17/h1-14H,15H2,(H,25,29)/b21-14+. The van der Waals surface area contributed by atoms with Crippen LogP contribution in [0.15, 0.2) is 84.6 Å². The van der Waals surface area contributed by atoms with Gasteiger partial charge in [-0.3, -0.25) is 9.69 Å². The molecule has 4 rings (SSSR count). The Morgan fingerprint density at radius 3 is 2.34 bits per heavy atom. The van der Waals surface area contributed by atoms with Gasteiger partial charge in [0.25, 0.3) is 5.91 Å². The predicted octanol–water partition coefficient (Wildman–Crippen LogP) is 4.67. The van der Waals surface area contributed by atoms with Crippen LogP contribution in [0.3, 0.4) is 0 Å². The molecule has 1 saturated heterocycles. The molecule has 0 atom stereocenters. The number of anilines is 1. The van der Waals surface area contributed by atoms with Crippen LogP contribution in [0.2, 0.25) is 0 Å². The van der Waals surface area contributed by atoms with Crippen LogP contribution in [0.4, 0.5) is 10.1 Å². The first kappa shape index (κ1) is 18.8.